The third-order valence-corrected chi connectivity index (χ3v) is 4.58. The first-order chi connectivity index (χ1) is 13.2. The van der Waals surface area contributed by atoms with Crippen LogP contribution in [-0.4, -0.2) is 45.2 Å². The zero-order valence-corrected chi connectivity index (χ0v) is 19.4. The van der Waals surface area contributed by atoms with Gasteiger partial charge in [0.2, 0.25) is 5.91 Å². The van der Waals surface area contributed by atoms with Gasteiger partial charge < -0.3 is 25.4 Å². The zero-order valence-electron chi connectivity index (χ0n) is 17.0. The van der Waals surface area contributed by atoms with Gasteiger partial charge in [-0.05, 0) is 37.5 Å². The minimum atomic E-state index is 0. The van der Waals surface area contributed by atoms with Crippen molar-refractivity contribution in [3.05, 3.63) is 23.8 Å². The molecule has 1 fully saturated rings. The molecule has 0 atom stereocenters. The smallest absolute Gasteiger partial charge is 0.221 e. The Morgan fingerprint density at radius 1 is 1.14 bits per heavy atom. The Labute approximate surface area is 185 Å². The Morgan fingerprint density at radius 2 is 1.86 bits per heavy atom. The van der Waals surface area contributed by atoms with E-state index in [0.717, 1.165) is 24.9 Å². The van der Waals surface area contributed by atoms with Crippen LogP contribution in [0.25, 0.3) is 0 Å². The molecule has 158 valence electrons. The summed E-state index contributed by atoms with van der Waals surface area (Å²) in [6, 6.07) is 6.12. The lowest BCUT2D eigenvalue weighted by molar-refractivity contribution is -0.121. The molecule has 28 heavy (non-hydrogen) atoms. The lowest BCUT2D eigenvalue weighted by Crippen LogP contribution is -2.40. The Balaban J connectivity index is 0.00000392. The molecule has 1 amide bonds. The third kappa shape index (κ3) is 8.12. The van der Waals surface area contributed by atoms with E-state index in [1.165, 1.54) is 12.8 Å². The van der Waals surface area contributed by atoms with E-state index in [0.29, 0.717) is 43.0 Å². The molecular formula is C20H33IN4O3. The second kappa shape index (κ2) is 13.5. The highest BCUT2D eigenvalue weighted by atomic mass is 127. The molecule has 7 nitrogen and oxygen atoms in total. The number of rotatable bonds is 9. The summed E-state index contributed by atoms with van der Waals surface area (Å²) in [7, 11) is 3.24. The monoisotopic (exact) mass is 504 g/mol. The van der Waals surface area contributed by atoms with E-state index < -0.39 is 0 Å². The summed E-state index contributed by atoms with van der Waals surface area (Å²) in [4.78, 5) is 16.6. The molecular weight excluding hydrogens is 471 g/mol. The first-order valence-electron chi connectivity index (χ1n) is 9.68. The average Bonchev–Trinajstić information content (AvgIpc) is 3.18. The van der Waals surface area contributed by atoms with E-state index >= 15 is 0 Å². The molecule has 0 heterocycles. The van der Waals surface area contributed by atoms with Crippen LogP contribution < -0.4 is 25.4 Å². The van der Waals surface area contributed by atoms with E-state index in [4.69, 9.17) is 9.47 Å². The Bertz CT molecular complexity index is 634. The number of nitrogens with zero attached hydrogens (tertiary/aromatic N) is 1. The van der Waals surface area contributed by atoms with Gasteiger partial charge in [-0.25, -0.2) is 4.99 Å². The number of amides is 1. The average molecular weight is 504 g/mol. The second-order valence-corrected chi connectivity index (χ2v) is 6.61. The number of halogens is 1. The maximum atomic E-state index is 12.0. The van der Waals surface area contributed by atoms with E-state index in [1.807, 2.05) is 25.1 Å². The van der Waals surface area contributed by atoms with Crippen molar-refractivity contribution in [3.8, 4) is 11.5 Å². The topological polar surface area (TPSA) is 84.0 Å². The molecule has 1 aromatic carbocycles. The number of hydrogen-bond donors (Lipinski definition) is 3. The number of ether oxygens (including phenoxy) is 2. The van der Waals surface area contributed by atoms with Crippen molar-refractivity contribution in [2.45, 2.75) is 51.6 Å². The Hall–Kier alpha value is -1.71. The van der Waals surface area contributed by atoms with Gasteiger partial charge in [-0.2, -0.15) is 0 Å². The van der Waals surface area contributed by atoms with Gasteiger partial charge in [0.1, 0.15) is 0 Å². The maximum absolute atomic E-state index is 12.0. The minimum Gasteiger partial charge on any atom is -0.493 e. The van der Waals surface area contributed by atoms with Crippen molar-refractivity contribution < 1.29 is 14.3 Å². The Morgan fingerprint density at radius 3 is 2.50 bits per heavy atom. The summed E-state index contributed by atoms with van der Waals surface area (Å²) in [5.41, 5.74) is 1.02. The van der Waals surface area contributed by atoms with Gasteiger partial charge in [-0.3, -0.25) is 4.79 Å². The van der Waals surface area contributed by atoms with Gasteiger partial charge in [0.25, 0.3) is 0 Å². The first-order valence-corrected chi connectivity index (χ1v) is 9.68. The predicted molar refractivity (Wildman–Crippen MR) is 123 cm³/mol. The van der Waals surface area contributed by atoms with Crippen LogP contribution in [-0.2, 0) is 11.3 Å². The standard InChI is InChI=1S/C20H32N4O3.HI/c1-4-21-20(22-12-11-19(25)24-16-7-5-6-8-16)23-14-15-9-10-17(26-2)18(13-15)27-3;/h9-10,13,16H,4-8,11-12,14H2,1-3H3,(H,24,25)(H2,21,22,23);1H. The number of aliphatic imine (C=N–C) groups is 1. The van der Waals surface area contributed by atoms with Crippen LogP contribution in [0.5, 0.6) is 11.5 Å². The molecule has 0 radical (unpaired) electrons. The van der Waals surface area contributed by atoms with Crippen LogP contribution in [0.15, 0.2) is 23.2 Å². The van der Waals surface area contributed by atoms with Gasteiger partial charge >= 0.3 is 0 Å². The predicted octanol–water partition coefficient (Wildman–Crippen LogP) is 2.83. The number of carbonyl (C=O) groups excluding carboxylic acids is 1. The number of nitrogens with one attached hydrogen (secondary N) is 3. The van der Waals surface area contributed by atoms with Crippen molar-refractivity contribution in [1.29, 1.82) is 0 Å². The fourth-order valence-corrected chi connectivity index (χ4v) is 3.16. The highest BCUT2D eigenvalue weighted by Gasteiger charge is 2.16. The van der Waals surface area contributed by atoms with Gasteiger partial charge in [0.05, 0.1) is 20.8 Å². The molecule has 0 bridgehead atoms. The largest absolute Gasteiger partial charge is 0.493 e. The molecule has 0 spiro atoms. The van der Waals surface area contributed by atoms with Crippen LogP contribution >= 0.6 is 24.0 Å². The molecule has 0 aliphatic heterocycles. The summed E-state index contributed by atoms with van der Waals surface area (Å²) in [5, 5.41) is 9.52. The molecule has 2 rings (SSSR count). The van der Waals surface area contributed by atoms with Crippen LogP contribution in [0.1, 0.15) is 44.6 Å². The fourth-order valence-electron chi connectivity index (χ4n) is 3.16. The molecule has 0 unspecified atom stereocenters. The number of guanidine groups is 1. The minimum absolute atomic E-state index is 0. The van der Waals surface area contributed by atoms with Crippen LogP contribution in [0.4, 0.5) is 0 Å². The summed E-state index contributed by atoms with van der Waals surface area (Å²) < 4.78 is 10.6. The normalized spacial score (nSPS) is 14.2. The summed E-state index contributed by atoms with van der Waals surface area (Å²) in [6.45, 7) is 3.83. The van der Waals surface area contributed by atoms with E-state index in [-0.39, 0.29) is 29.9 Å². The molecule has 0 aromatic heterocycles. The summed E-state index contributed by atoms with van der Waals surface area (Å²) >= 11 is 0. The van der Waals surface area contributed by atoms with Gasteiger partial charge in [0.15, 0.2) is 17.5 Å². The lowest BCUT2D eigenvalue weighted by Gasteiger charge is -2.14. The lowest BCUT2D eigenvalue weighted by atomic mass is 10.2. The molecule has 1 aliphatic rings. The van der Waals surface area contributed by atoms with E-state index in [9.17, 15) is 4.79 Å². The number of benzene rings is 1. The molecule has 0 saturated heterocycles. The number of methoxy groups -OCH3 is 2. The van der Waals surface area contributed by atoms with Crippen molar-refractivity contribution in [2.75, 3.05) is 27.3 Å². The van der Waals surface area contributed by atoms with E-state index in [1.54, 1.807) is 14.2 Å². The zero-order chi connectivity index (χ0) is 19.5. The molecule has 1 saturated carbocycles. The van der Waals surface area contributed by atoms with Crippen molar-refractivity contribution in [1.82, 2.24) is 16.0 Å². The molecule has 1 aromatic rings. The van der Waals surface area contributed by atoms with E-state index in [2.05, 4.69) is 20.9 Å². The highest BCUT2D eigenvalue weighted by molar-refractivity contribution is 14.0. The van der Waals surface area contributed by atoms with Crippen LogP contribution in [0, 0.1) is 0 Å². The molecule has 3 N–H and O–H groups in total. The third-order valence-electron chi connectivity index (χ3n) is 4.58. The second-order valence-electron chi connectivity index (χ2n) is 6.61. The van der Waals surface area contributed by atoms with Crippen molar-refractivity contribution in [2.24, 2.45) is 4.99 Å². The van der Waals surface area contributed by atoms with Gasteiger partial charge in [-0.1, -0.05) is 18.9 Å². The maximum Gasteiger partial charge on any atom is 0.221 e. The summed E-state index contributed by atoms with van der Waals surface area (Å²) in [5.74, 6) is 2.18. The number of carbonyl (C=O) groups is 1. The molecule has 1 aliphatic carbocycles. The molecule has 8 heteroatoms. The van der Waals surface area contributed by atoms with Crippen molar-refractivity contribution >= 4 is 35.8 Å². The van der Waals surface area contributed by atoms with Gasteiger partial charge in [-0.15, -0.1) is 24.0 Å². The van der Waals surface area contributed by atoms with Crippen molar-refractivity contribution in [3.63, 3.8) is 0 Å². The Kier molecular flexibility index (Phi) is 11.7. The van der Waals surface area contributed by atoms with Gasteiger partial charge in [0, 0.05) is 25.6 Å². The number of hydrogen-bond acceptors (Lipinski definition) is 4. The summed E-state index contributed by atoms with van der Waals surface area (Å²) in [6.07, 6.45) is 5.09. The van der Waals surface area contributed by atoms with Crippen LogP contribution in [0.3, 0.4) is 0 Å². The fraction of sp³-hybridized carbons (Fsp3) is 0.600. The quantitative estimate of drug-likeness (QED) is 0.274. The van der Waals surface area contributed by atoms with Crippen LogP contribution in [0.2, 0.25) is 0 Å². The highest BCUT2D eigenvalue weighted by Crippen LogP contribution is 2.27. The SMILES string of the molecule is CCNC(=NCc1ccc(OC)c(OC)c1)NCCC(=O)NC1CCCC1.I. The first kappa shape index (κ1) is 24.3.